The van der Waals surface area contributed by atoms with Gasteiger partial charge in [-0.15, -0.1) is 0 Å². The Balaban J connectivity index is 2.68. The van der Waals surface area contributed by atoms with Crippen molar-refractivity contribution in [3.05, 3.63) is 72.9 Å². The first-order valence-corrected chi connectivity index (χ1v) is 30.9. The maximum absolute atomic E-state index is 13.2. The van der Waals surface area contributed by atoms with Crippen LogP contribution in [-0.4, -0.2) is 89.2 Å². The van der Waals surface area contributed by atoms with E-state index < -0.39 is 67.3 Å². The van der Waals surface area contributed by atoms with Gasteiger partial charge in [0.1, 0.15) is 18.8 Å². The largest absolute Gasteiger partial charge is 0.479 e. The van der Waals surface area contributed by atoms with E-state index in [4.69, 9.17) is 23.7 Å². The summed E-state index contributed by atoms with van der Waals surface area (Å²) in [6.07, 6.45) is 54.5. The summed E-state index contributed by atoms with van der Waals surface area (Å²) in [5.41, 5.74) is 0. The van der Waals surface area contributed by atoms with E-state index in [1.165, 1.54) is 96.3 Å². The second kappa shape index (κ2) is 52.8. The number of hydrogen-bond acceptors (Lipinski definition) is 11. The number of esters is 3. The monoisotopic (exact) mass is 1080 g/mol. The molecule has 1 saturated heterocycles. The smallest absolute Gasteiger partial charge is 0.335 e. The van der Waals surface area contributed by atoms with E-state index in [0.29, 0.717) is 19.3 Å². The normalized spacial score (nSPS) is 18.5. The minimum absolute atomic E-state index is 0.0453. The average molecular weight is 1080 g/mol. The molecule has 1 aliphatic rings. The number of aliphatic carboxylic acids is 1. The van der Waals surface area contributed by atoms with Crippen molar-refractivity contribution in [3.63, 3.8) is 0 Å². The fraction of sp³-hybridized carbons (Fsp3) is 0.754. The molecule has 1 heterocycles. The molecule has 1 rings (SSSR count). The molecule has 0 aromatic heterocycles. The van der Waals surface area contributed by atoms with Gasteiger partial charge in [0.05, 0.1) is 6.61 Å². The van der Waals surface area contributed by atoms with E-state index in [2.05, 4.69) is 93.7 Å². The lowest BCUT2D eigenvalue weighted by atomic mass is 9.98. The first kappa shape index (κ1) is 71.2. The summed E-state index contributed by atoms with van der Waals surface area (Å²) in [6, 6.07) is 0. The first-order chi connectivity index (χ1) is 37.6. The van der Waals surface area contributed by atoms with Crippen molar-refractivity contribution in [2.75, 3.05) is 13.2 Å². The number of aliphatic hydroxyl groups is 2. The highest BCUT2D eigenvalue weighted by atomic mass is 16.7. The van der Waals surface area contributed by atoms with Crippen LogP contribution in [0, 0.1) is 0 Å². The summed E-state index contributed by atoms with van der Waals surface area (Å²) in [5.74, 6) is -3.16. The van der Waals surface area contributed by atoms with E-state index in [1.807, 2.05) is 0 Å². The van der Waals surface area contributed by atoms with Crippen LogP contribution in [-0.2, 0) is 42.9 Å². The van der Waals surface area contributed by atoms with Gasteiger partial charge >= 0.3 is 23.9 Å². The number of ether oxygens (including phenoxy) is 5. The van der Waals surface area contributed by atoms with E-state index >= 15 is 0 Å². The van der Waals surface area contributed by atoms with Crippen molar-refractivity contribution in [1.29, 1.82) is 0 Å². The van der Waals surface area contributed by atoms with Gasteiger partial charge in [-0.25, -0.2) is 4.79 Å². The van der Waals surface area contributed by atoms with E-state index in [-0.39, 0.29) is 25.9 Å². The van der Waals surface area contributed by atoms with Crippen LogP contribution < -0.4 is 0 Å². The Morgan fingerprint density at radius 1 is 0.442 bits per heavy atom. The molecule has 12 heteroatoms. The molecular weight excluding hydrogens is 973 g/mol. The summed E-state index contributed by atoms with van der Waals surface area (Å²) in [4.78, 5) is 51.2. The zero-order valence-electron chi connectivity index (χ0n) is 48.7. The maximum Gasteiger partial charge on any atom is 0.335 e. The lowest BCUT2D eigenvalue weighted by molar-refractivity contribution is -0.301. The van der Waals surface area contributed by atoms with Crippen LogP contribution >= 0.6 is 0 Å². The number of hydrogen-bond donors (Lipinski definition) is 3. The standard InChI is InChI=1S/C65H110O12/c1-4-7-10-13-16-19-22-24-26-28-29-31-32-34-37-39-42-45-48-51-57(66)73-54-56(75-58(67)52-49-46-43-41-38-35-33-30-27-25-23-20-17-14-11-8-5-2)55-74-65-63(61(70)60(69)62(77-65)64(71)72)76-59(68)53-50-47-44-40-36-21-18-15-12-9-6-3/h8,11,15,17-18,20,24-27,33,35,56,60-63,65,69-70H,4-7,9-10,12-14,16,19,21-23,28-32,34,36-55H2,1-3H3,(H,71,72)/b11-8-,18-15-,20-17-,26-24-,27-25-,35-33-. The van der Waals surface area contributed by atoms with Gasteiger partial charge in [-0.05, 0) is 103 Å². The van der Waals surface area contributed by atoms with Crippen molar-refractivity contribution >= 4 is 23.9 Å². The third kappa shape index (κ3) is 42.7. The summed E-state index contributed by atoms with van der Waals surface area (Å²) in [7, 11) is 0. The second-order valence-electron chi connectivity index (χ2n) is 20.9. The van der Waals surface area contributed by atoms with Gasteiger partial charge in [0.2, 0.25) is 0 Å². The molecule has 0 aromatic carbocycles. The maximum atomic E-state index is 13.2. The Morgan fingerprint density at radius 2 is 0.831 bits per heavy atom. The van der Waals surface area contributed by atoms with Crippen LogP contribution in [0.4, 0.5) is 0 Å². The second-order valence-corrected chi connectivity index (χ2v) is 20.9. The van der Waals surface area contributed by atoms with Gasteiger partial charge in [0.25, 0.3) is 0 Å². The van der Waals surface area contributed by atoms with Crippen LogP contribution in [0.25, 0.3) is 0 Å². The predicted molar refractivity (Wildman–Crippen MR) is 312 cm³/mol. The van der Waals surface area contributed by atoms with Crippen LogP contribution in [0.1, 0.15) is 265 Å². The van der Waals surface area contributed by atoms with Gasteiger partial charge in [0.15, 0.2) is 24.6 Å². The molecule has 77 heavy (non-hydrogen) atoms. The van der Waals surface area contributed by atoms with Crippen LogP contribution in [0.15, 0.2) is 72.9 Å². The minimum Gasteiger partial charge on any atom is -0.479 e. The molecule has 0 amide bonds. The Kier molecular flexibility index (Phi) is 48.8. The van der Waals surface area contributed by atoms with E-state index in [9.17, 15) is 34.5 Å². The summed E-state index contributed by atoms with van der Waals surface area (Å²) in [5, 5.41) is 31.5. The van der Waals surface area contributed by atoms with Gasteiger partial charge in [-0.2, -0.15) is 0 Å². The average Bonchev–Trinajstić information content (AvgIpc) is 3.42. The van der Waals surface area contributed by atoms with Crippen molar-refractivity contribution in [1.82, 2.24) is 0 Å². The zero-order valence-corrected chi connectivity index (χ0v) is 48.7. The molecule has 0 radical (unpaired) electrons. The fourth-order valence-corrected chi connectivity index (χ4v) is 8.98. The molecule has 3 N–H and O–H groups in total. The quantitative estimate of drug-likeness (QED) is 0.0228. The Morgan fingerprint density at radius 3 is 1.30 bits per heavy atom. The van der Waals surface area contributed by atoms with Gasteiger partial charge in [-0.3, -0.25) is 14.4 Å². The summed E-state index contributed by atoms with van der Waals surface area (Å²) < 4.78 is 28.4. The molecule has 0 spiro atoms. The number of carbonyl (C=O) groups excluding carboxylic acids is 3. The third-order valence-corrected chi connectivity index (χ3v) is 13.7. The molecule has 442 valence electrons. The first-order valence-electron chi connectivity index (χ1n) is 30.9. The molecule has 12 nitrogen and oxygen atoms in total. The Labute approximate surface area is 468 Å². The number of rotatable bonds is 52. The highest BCUT2D eigenvalue weighted by molar-refractivity contribution is 5.74. The highest BCUT2D eigenvalue weighted by Gasteiger charge is 2.50. The fourth-order valence-electron chi connectivity index (χ4n) is 8.98. The highest BCUT2D eigenvalue weighted by Crippen LogP contribution is 2.26. The number of aliphatic hydroxyl groups excluding tert-OH is 2. The molecule has 1 fully saturated rings. The molecule has 0 aromatic rings. The Bertz CT molecular complexity index is 1620. The summed E-state index contributed by atoms with van der Waals surface area (Å²) in [6.45, 7) is 5.82. The molecule has 6 atom stereocenters. The van der Waals surface area contributed by atoms with Crippen LogP contribution in [0.5, 0.6) is 0 Å². The van der Waals surface area contributed by atoms with Crippen molar-refractivity contribution in [2.24, 2.45) is 0 Å². The molecule has 6 unspecified atom stereocenters. The van der Waals surface area contributed by atoms with Crippen LogP contribution in [0.2, 0.25) is 0 Å². The number of unbranched alkanes of at least 4 members (excludes halogenated alkanes) is 26. The van der Waals surface area contributed by atoms with Crippen molar-refractivity contribution in [2.45, 2.75) is 302 Å². The lowest BCUT2D eigenvalue weighted by Gasteiger charge is -2.40. The van der Waals surface area contributed by atoms with Gasteiger partial charge in [0, 0.05) is 19.3 Å². The number of carboxylic acids is 1. The third-order valence-electron chi connectivity index (χ3n) is 13.7. The number of carbonyl (C=O) groups is 4. The van der Waals surface area contributed by atoms with Gasteiger partial charge < -0.3 is 39.0 Å². The van der Waals surface area contributed by atoms with E-state index in [0.717, 1.165) is 109 Å². The number of carboxylic acid groups (broad SMARTS) is 1. The minimum atomic E-state index is -1.91. The molecule has 0 bridgehead atoms. The van der Waals surface area contributed by atoms with E-state index in [1.54, 1.807) is 0 Å². The molecule has 0 saturated carbocycles. The number of allylic oxidation sites excluding steroid dienone is 12. The zero-order chi connectivity index (χ0) is 56.1. The van der Waals surface area contributed by atoms with Crippen LogP contribution in [0.3, 0.4) is 0 Å². The Hall–Kier alpha value is -3.84. The molecular formula is C65H110O12. The van der Waals surface area contributed by atoms with Crippen molar-refractivity contribution < 1.29 is 58.2 Å². The van der Waals surface area contributed by atoms with Crippen molar-refractivity contribution in [3.8, 4) is 0 Å². The SMILES string of the molecule is CC/C=C\C/C=C\C/C=C\C/C=C\CCCCCCC(=O)OC(COC(=O)CCCCCCCCCCC/C=C\CCCCCCCC)COC1OC(C(=O)O)C(O)C(O)C1OC(=O)CCCCCCC/C=C\CCCC. The summed E-state index contributed by atoms with van der Waals surface area (Å²) >= 11 is 0. The molecule has 0 aliphatic carbocycles. The topological polar surface area (TPSA) is 175 Å². The predicted octanol–water partition coefficient (Wildman–Crippen LogP) is 16.1. The van der Waals surface area contributed by atoms with Gasteiger partial charge in [-0.1, -0.05) is 216 Å². The lowest BCUT2D eigenvalue weighted by Crippen LogP contribution is -2.61. The molecule has 1 aliphatic heterocycles.